The Kier molecular flexibility index (Phi) is 7.57. The molecule has 1 aliphatic carbocycles. The summed E-state index contributed by atoms with van der Waals surface area (Å²) in [6.07, 6.45) is 4.89. The summed E-state index contributed by atoms with van der Waals surface area (Å²) >= 11 is 2.51. The maximum atomic E-state index is 13.1. The summed E-state index contributed by atoms with van der Waals surface area (Å²) in [5.41, 5.74) is 3.20. The molecule has 1 atom stereocenters. The quantitative estimate of drug-likeness (QED) is 0.226. The Morgan fingerprint density at radius 3 is 2.74 bits per heavy atom. The number of nitrogens with zero attached hydrogens (tertiary/aromatic N) is 2. The van der Waals surface area contributed by atoms with Crippen molar-refractivity contribution in [3.63, 3.8) is 0 Å². The van der Waals surface area contributed by atoms with E-state index in [9.17, 15) is 14.7 Å². The molecule has 0 bridgehead atoms. The highest BCUT2D eigenvalue weighted by Crippen LogP contribution is 2.38. The molecule has 3 aromatic rings. The predicted octanol–water partition coefficient (Wildman–Crippen LogP) is 3.96. The van der Waals surface area contributed by atoms with Crippen molar-refractivity contribution in [2.45, 2.75) is 63.2 Å². The van der Waals surface area contributed by atoms with Crippen molar-refractivity contribution in [3.8, 4) is 11.6 Å². The summed E-state index contributed by atoms with van der Waals surface area (Å²) in [7, 11) is 0. The third kappa shape index (κ3) is 5.12. The second-order valence-corrected chi connectivity index (χ2v) is 10.6. The van der Waals surface area contributed by atoms with E-state index in [2.05, 4.69) is 10.6 Å². The standard InChI is InChI=1S/C24H27N3O5S2/c1-4-31-23(29)19-17-8-6-5-7-9-18(17)34-21(19)25-20(28)15(3)33-22-24(30)32-26-27(22)16-12-10-14(2)11-13-16/h10-13,15H,4-9H2,1-3H3,(H-,25,26,28,29,30). The smallest absolute Gasteiger partial charge is 0.341 e. The molecule has 1 N–H and O–H groups in total. The van der Waals surface area contributed by atoms with Crippen LogP contribution in [-0.2, 0) is 22.4 Å². The first-order chi connectivity index (χ1) is 16.4. The normalized spacial score (nSPS) is 14.2. The number of amides is 1. The fraction of sp³-hybridized carbons (Fsp3) is 0.417. The number of thiophene rings is 1. The highest BCUT2D eigenvalue weighted by Gasteiger charge is 2.30. The van der Waals surface area contributed by atoms with Crippen LogP contribution < -0.4 is 15.1 Å². The first kappa shape index (κ1) is 24.3. The van der Waals surface area contributed by atoms with Crippen LogP contribution in [0.25, 0.3) is 5.69 Å². The lowest BCUT2D eigenvalue weighted by Gasteiger charge is -2.11. The van der Waals surface area contributed by atoms with E-state index in [1.54, 1.807) is 13.8 Å². The zero-order valence-corrected chi connectivity index (χ0v) is 21.0. The van der Waals surface area contributed by atoms with Gasteiger partial charge in [0.05, 0.1) is 22.7 Å². The van der Waals surface area contributed by atoms with E-state index in [4.69, 9.17) is 9.26 Å². The number of esters is 1. The molecule has 2 heterocycles. The minimum absolute atomic E-state index is 0.207. The molecule has 1 amide bonds. The molecule has 0 saturated heterocycles. The fourth-order valence-corrected chi connectivity index (χ4v) is 6.03. The van der Waals surface area contributed by atoms with Crippen molar-refractivity contribution in [3.05, 3.63) is 45.8 Å². The third-order valence-corrected chi connectivity index (χ3v) is 7.98. The average Bonchev–Trinajstić information content (AvgIpc) is 3.25. The van der Waals surface area contributed by atoms with Gasteiger partial charge in [0.15, 0.2) is 5.95 Å². The minimum atomic E-state index is -0.638. The highest BCUT2D eigenvalue weighted by molar-refractivity contribution is 8.00. The van der Waals surface area contributed by atoms with Crippen LogP contribution in [0.15, 0.2) is 33.8 Å². The van der Waals surface area contributed by atoms with Gasteiger partial charge in [0, 0.05) is 17.0 Å². The maximum absolute atomic E-state index is 13.1. The van der Waals surface area contributed by atoms with Gasteiger partial charge >= 0.3 is 5.97 Å². The molecule has 8 nitrogen and oxygen atoms in total. The molecule has 0 aliphatic heterocycles. The monoisotopic (exact) mass is 501 g/mol. The van der Waals surface area contributed by atoms with Gasteiger partial charge in [-0.05, 0) is 68.5 Å². The molecule has 0 radical (unpaired) electrons. The molecular formula is C24H27N3O5S2. The molecule has 180 valence electrons. The van der Waals surface area contributed by atoms with Crippen LogP contribution in [-0.4, -0.2) is 29.0 Å². The van der Waals surface area contributed by atoms with Crippen molar-refractivity contribution in [2.24, 2.45) is 0 Å². The Labute approximate surface area is 206 Å². The number of rotatable bonds is 7. The van der Waals surface area contributed by atoms with Crippen LogP contribution in [0.3, 0.4) is 0 Å². The predicted molar refractivity (Wildman–Crippen MR) is 128 cm³/mol. The van der Waals surface area contributed by atoms with Gasteiger partial charge in [0.2, 0.25) is 11.6 Å². The van der Waals surface area contributed by atoms with E-state index >= 15 is 0 Å². The minimum Gasteiger partial charge on any atom is -0.538 e. The lowest BCUT2D eigenvalue weighted by atomic mass is 10.1. The molecule has 0 saturated carbocycles. The molecule has 2 aromatic heterocycles. The number of nitrogens with one attached hydrogen (secondary N) is 1. The fourth-order valence-electron chi connectivity index (χ4n) is 3.87. The van der Waals surface area contributed by atoms with Crippen molar-refractivity contribution < 1.29 is 28.6 Å². The van der Waals surface area contributed by atoms with E-state index in [-0.39, 0.29) is 17.5 Å². The molecule has 10 heteroatoms. The van der Waals surface area contributed by atoms with Gasteiger partial charge in [-0.2, -0.15) is 0 Å². The molecule has 1 unspecified atom stereocenters. The zero-order valence-electron chi connectivity index (χ0n) is 19.4. The average molecular weight is 502 g/mol. The number of thioether (sulfide) groups is 1. The number of hydrogen-bond donors (Lipinski definition) is 1. The molecule has 34 heavy (non-hydrogen) atoms. The number of carbonyl (C=O) groups excluding carboxylic acids is 2. The number of carbonyl (C=O) groups is 2. The van der Waals surface area contributed by atoms with Crippen LogP contribution in [0.2, 0.25) is 0 Å². The third-order valence-electron chi connectivity index (χ3n) is 5.65. The molecule has 0 fully saturated rings. The van der Waals surface area contributed by atoms with Crippen molar-refractivity contribution in [1.29, 1.82) is 0 Å². The van der Waals surface area contributed by atoms with Gasteiger partial charge in [-0.25, -0.2) is 4.79 Å². The first-order valence-corrected chi connectivity index (χ1v) is 13.0. The van der Waals surface area contributed by atoms with Crippen LogP contribution in [0.4, 0.5) is 5.00 Å². The summed E-state index contributed by atoms with van der Waals surface area (Å²) in [5, 5.41) is 19.2. The SMILES string of the molecule is CCOC(=O)c1c(NC(=O)C(C)Sc2c([O-])on[n+]2-c2ccc(C)cc2)sc2c1CCCCC2. The Bertz CT molecular complexity index is 1190. The van der Waals surface area contributed by atoms with Gasteiger partial charge in [-0.15, -0.1) is 11.3 Å². The van der Waals surface area contributed by atoms with E-state index in [1.807, 2.05) is 31.2 Å². The van der Waals surface area contributed by atoms with Gasteiger partial charge in [0.25, 0.3) is 5.03 Å². The van der Waals surface area contributed by atoms with Crippen LogP contribution in [0.1, 0.15) is 59.5 Å². The molecule has 1 aromatic carbocycles. The Hall–Kier alpha value is -2.85. The van der Waals surface area contributed by atoms with Crippen molar-refractivity contribution in [1.82, 2.24) is 5.27 Å². The number of benzene rings is 1. The van der Waals surface area contributed by atoms with Crippen LogP contribution >= 0.6 is 23.1 Å². The van der Waals surface area contributed by atoms with Crippen molar-refractivity contribution >= 4 is 40.0 Å². The molecule has 4 rings (SSSR count). The van der Waals surface area contributed by atoms with Gasteiger partial charge in [-0.1, -0.05) is 24.1 Å². The summed E-state index contributed by atoms with van der Waals surface area (Å²) in [6.45, 7) is 5.70. The van der Waals surface area contributed by atoms with Gasteiger partial charge in [-0.3, -0.25) is 4.79 Å². The number of aryl methyl sites for hydroxylation is 2. The van der Waals surface area contributed by atoms with Gasteiger partial charge in [0.1, 0.15) is 5.00 Å². The Balaban J connectivity index is 1.56. The van der Waals surface area contributed by atoms with Crippen LogP contribution in [0, 0.1) is 6.92 Å². The largest absolute Gasteiger partial charge is 0.538 e. The summed E-state index contributed by atoms with van der Waals surface area (Å²) in [5.74, 6) is -1.33. The number of fused-ring (bicyclic) bond motifs is 1. The van der Waals surface area contributed by atoms with E-state index in [0.29, 0.717) is 16.3 Å². The summed E-state index contributed by atoms with van der Waals surface area (Å²) in [4.78, 5) is 27.0. The Morgan fingerprint density at radius 2 is 2.00 bits per heavy atom. The summed E-state index contributed by atoms with van der Waals surface area (Å²) in [6, 6.07) is 7.47. The molecular weight excluding hydrogens is 474 g/mol. The van der Waals surface area contributed by atoms with Crippen molar-refractivity contribution in [2.75, 3.05) is 11.9 Å². The second kappa shape index (κ2) is 10.6. The number of ether oxygens (including phenoxy) is 1. The number of aromatic nitrogens is 2. The lowest BCUT2D eigenvalue weighted by molar-refractivity contribution is -0.705. The highest BCUT2D eigenvalue weighted by atomic mass is 32.2. The first-order valence-electron chi connectivity index (χ1n) is 11.3. The lowest BCUT2D eigenvalue weighted by Crippen LogP contribution is -2.36. The number of hydrogen-bond acceptors (Lipinski definition) is 8. The van der Waals surface area contributed by atoms with E-state index < -0.39 is 17.2 Å². The van der Waals surface area contributed by atoms with E-state index in [0.717, 1.165) is 59.9 Å². The molecule has 1 aliphatic rings. The second-order valence-electron chi connectivity index (χ2n) is 8.15. The summed E-state index contributed by atoms with van der Waals surface area (Å²) < 4.78 is 11.6. The Morgan fingerprint density at radius 1 is 1.26 bits per heavy atom. The molecule has 0 spiro atoms. The maximum Gasteiger partial charge on any atom is 0.341 e. The topological polar surface area (TPSA) is 108 Å². The number of anilines is 1. The van der Waals surface area contributed by atoms with Crippen LogP contribution in [0.5, 0.6) is 5.95 Å². The van der Waals surface area contributed by atoms with Gasteiger partial charge < -0.3 is 19.7 Å². The van der Waals surface area contributed by atoms with E-state index in [1.165, 1.54) is 16.0 Å². The zero-order chi connectivity index (χ0) is 24.2.